The van der Waals surface area contributed by atoms with Crippen LogP contribution >= 0.6 is 11.8 Å². The molecule has 2 aliphatic rings. The van der Waals surface area contributed by atoms with Crippen LogP contribution in [0.25, 0.3) is 0 Å². The average Bonchev–Trinajstić information content (AvgIpc) is 2.98. The summed E-state index contributed by atoms with van der Waals surface area (Å²) in [5, 5.41) is 14.9. The number of aliphatic hydroxyl groups excluding tert-OH is 1. The summed E-state index contributed by atoms with van der Waals surface area (Å²) >= 11 is 1.97. The molecule has 2 saturated heterocycles. The van der Waals surface area contributed by atoms with Crippen LogP contribution < -0.4 is 0 Å². The van der Waals surface area contributed by atoms with Gasteiger partial charge in [-0.15, -0.1) is 0 Å². The quantitative estimate of drug-likeness (QED) is 0.902. The minimum atomic E-state index is -0.403. The SMILES string of the molecule is Cc1c(C(O)C2CCOC3(CCSC3)C2)cnn1C. The molecular formula is C14H22N2O2S. The molecule has 4 nitrogen and oxygen atoms in total. The zero-order chi connectivity index (χ0) is 13.5. The van der Waals surface area contributed by atoms with Crippen molar-refractivity contribution >= 4 is 11.8 Å². The van der Waals surface area contributed by atoms with E-state index >= 15 is 0 Å². The van der Waals surface area contributed by atoms with Crippen LogP contribution in [0, 0.1) is 12.8 Å². The average molecular weight is 282 g/mol. The lowest BCUT2D eigenvalue weighted by molar-refractivity contribution is -0.102. The summed E-state index contributed by atoms with van der Waals surface area (Å²) in [6.45, 7) is 2.80. The molecule has 0 radical (unpaired) electrons. The first-order valence-electron chi connectivity index (χ1n) is 7.00. The van der Waals surface area contributed by atoms with Gasteiger partial charge in [-0.05, 0) is 37.9 Å². The molecule has 19 heavy (non-hydrogen) atoms. The molecule has 1 spiro atoms. The van der Waals surface area contributed by atoms with Crippen LogP contribution in [0.4, 0.5) is 0 Å². The molecule has 0 aliphatic carbocycles. The monoisotopic (exact) mass is 282 g/mol. The number of rotatable bonds is 2. The molecule has 106 valence electrons. The molecule has 0 aromatic carbocycles. The number of hydrogen-bond acceptors (Lipinski definition) is 4. The van der Waals surface area contributed by atoms with Crippen molar-refractivity contribution in [2.45, 2.75) is 37.9 Å². The lowest BCUT2D eigenvalue weighted by atomic mass is 9.80. The molecule has 2 fully saturated rings. The Balaban J connectivity index is 1.76. The van der Waals surface area contributed by atoms with Gasteiger partial charge in [0.2, 0.25) is 0 Å². The summed E-state index contributed by atoms with van der Waals surface area (Å²) in [7, 11) is 1.92. The molecule has 3 heterocycles. The van der Waals surface area contributed by atoms with E-state index in [2.05, 4.69) is 5.10 Å². The summed E-state index contributed by atoms with van der Waals surface area (Å²) in [5.41, 5.74) is 2.08. The third-order valence-electron chi connectivity index (χ3n) is 4.64. The first-order chi connectivity index (χ1) is 9.11. The molecule has 0 bridgehead atoms. The highest BCUT2D eigenvalue weighted by Gasteiger charge is 2.42. The lowest BCUT2D eigenvalue weighted by Gasteiger charge is -2.39. The summed E-state index contributed by atoms with van der Waals surface area (Å²) in [5.74, 6) is 2.58. The first kappa shape index (κ1) is 13.5. The Bertz CT molecular complexity index is 454. The molecule has 1 aromatic heterocycles. The van der Waals surface area contributed by atoms with Gasteiger partial charge in [0, 0.05) is 30.7 Å². The van der Waals surface area contributed by atoms with Crippen molar-refractivity contribution in [1.29, 1.82) is 0 Å². The molecular weight excluding hydrogens is 260 g/mol. The highest BCUT2D eigenvalue weighted by Crippen LogP contribution is 2.44. The van der Waals surface area contributed by atoms with E-state index in [1.165, 1.54) is 5.75 Å². The standard InChI is InChI=1S/C14H22N2O2S/c1-10-12(8-15-16(10)2)13(17)11-3-5-18-14(7-11)4-6-19-9-14/h8,11,13,17H,3-7,9H2,1-2H3. The first-order valence-corrected chi connectivity index (χ1v) is 8.15. The fourth-order valence-corrected chi connectivity index (χ4v) is 4.64. The van der Waals surface area contributed by atoms with Crippen LogP contribution in [0.5, 0.6) is 0 Å². The van der Waals surface area contributed by atoms with Gasteiger partial charge in [-0.1, -0.05) is 0 Å². The van der Waals surface area contributed by atoms with E-state index in [9.17, 15) is 5.11 Å². The number of ether oxygens (including phenoxy) is 1. The molecule has 0 amide bonds. The summed E-state index contributed by atoms with van der Waals surface area (Å²) < 4.78 is 7.86. The van der Waals surface area contributed by atoms with Crippen LogP contribution in [0.1, 0.15) is 36.6 Å². The summed E-state index contributed by atoms with van der Waals surface area (Å²) in [6, 6.07) is 0. The second-order valence-electron chi connectivity index (χ2n) is 5.84. The lowest BCUT2D eigenvalue weighted by Crippen LogP contribution is -2.41. The number of hydrogen-bond donors (Lipinski definition) is 1. The Morgan fingerprint density at radius 3 is 3.11 bits per heavy atom. The second kappa shape index (κ2) is 5.11. The van der Waals surface area contributed by atoms with Crippen LogP contribution in [-0.4, -0.2) is 38.6 Å². The predicted octanol–water partition coefficient (Wildman–Crippen LogP) is 2.06. The molecule has 3 atom stereocenters. The fraction of sp³-hybridized carbons (Fsp3) is 0.786. The van der Waals surface area contributed by atoms with Crippen LogP contribution in [0.15, 0.2) is 6.20 Å². The van der Waals surface area contributed by atoms with Crippen molar-refractivity contribution in [3.8, 4) is 0 Å². The van der Waals surface area contributed by atoms with Crippen molar-refractivity contribution in [1.82, 2.24) is 9.78 Å². The van der Waals surface area contributed by atoms with Gasteiger partial charge in [-0.2, -0.15) is 16.9 Å². The van der Waals surface area contributed by atoms with Crippen molar-refractivity contribution in [2.75, 3.05) is 18.1 Å². The van der Waals surface area contributed by atoms with Gasteiger partial charge in [-0.3, -0.25) is 4.68 Å². The number of aryl methyl sites for hydroxylation is 1. The van der Waals surface area contributed by atoms with E-state index in [0.29, 0.717) is 5.92 Å². The van der Waals surface area contributed by atoms with Gasteiger partial charge < -0.3 is 9.84 Å². The van der Waals surface area contributed by atoms with Gasteiger partial charge in [0.05, 0.1) is 17.9 Å². The van der Waals surface area contributed by atoms with E-state index in [-0.39, 0.29) is 5.60 Å². The van der Waals surface area contributed by atoms with E-state index in [1.807, 2.05) is 36.6 Å². The van der Waals surface area contributed by atoms with E-state index in [4.69, 9.17) is 4.74 Å². The van der Waals surface area contributed by atoms with E-state index in [1.54, 1.807) is 0 Å². The topological polar surface area (TPSA) is 47.3 Å². The Morgan fingerprint density at radius 2 is 2.47 bits per heavy atom. The minimum absolute atomic E-state index is 0.0324. The Morgan fingerprint density at radius 1 is 1.63 bits per heavy atom. The van der Waals surface area contributed by atoms with Gasteiger partial charge in [0.15, 0.2) is 0 Å². The molecule has 2 aliphatic heterocycles. The maximum Gasteiger partial charge on any atom is 0.0853 e. The Hall–Kier alpha value is -0.520. The smallest absolute Gasteiger partial charge is 0.0853 e. The van der Waals surface area contributed by atoms with Crippen molar-refractivity contribution in [3.63, 3.8) is 0 Å². The molecule has 3 unspecified atom stereocenters. The molecule has 3 rings (SSSR count). The number of aromatic nitrogens is 2. The van der Waals surface area contributed by atoms with E-state index < -0.39 is 6.10 Å². The summed E-state index contributed by atoms with van der Waals surface area (Å²) in [4.78, 5) is 0. The molecule has 1 aromatic rings. The molecule has 1 N–H and O–H groups in total. The highest BCUT2D eigenvalue weighted by molar-refractivity contribution is 7.99. The number of nitrogens with zero attached hydrogens (tertiary/aromatic N) is 2. The van der Waals surface area contributed by atoms with Gasteiger partial charge >= 0.3 is 0 Å². The number of aliphatic hydroxyl groups is 1. The van der Waals surface area contributed by atoms with Crippen molar-refractivity contribution in [2.24, 2.45) is 13.0 Å². The zero-order valence-corrected chi connectivity index (χ0v) is 12.4. The number of thioether (sulfide) groups is 1. The van der Waals surface area contributed by atoms with Crippen LogP contribution in [0.2, 0.25) is 0 Å². The van der Waals surface area contributed by atoms with Gasteiger partial charge in [-0.25, -0.2) is 0 Å². The molecule has 5 heteroatoms. The maximum absolute atomic E-state index is 10.7. The fourth-order valence-electron chi connectivity index (χ4n) is 3.26. The molecule has 0 saturated carbocycles. The maximum atomic E-state index is 10.7. The third kappa shape index (κ3) is 2.43. The third-order valence-corrected chi connectivity index (χ3v) is 5.86. The van der Waals surface area contributed by atoms with E-state index in [0.717, 1.165) is 42.9 Å². The van der Waals surface area contributed by atoms with Crippen LogP contribution in [0.3, 0.4) is 0 Å². The zero-order valence-electron chi connectivity index (χ0n) is 11.6. The second-order valence-corrected chi connectivity index (χ2v) is 6.95. The minimum Gasteiger partial charge on any atom is -0.388 e. The van der Waals surface area contributed by atoms with Crippen molar-refractivity contribution in [3.05, 3.63) is 17.5 Å². The highest BCUT2D eigenvalue weighted by atomic mass is 32.2. The Labute approximate surface area is 118 Å². The Kier molecular flexibility index (Phi) is 3.62. The summed E-state index contributed by atoms with van der Waals surface area (Å²) in [6.07, 6.45) is 4.47. The normalized spacial score (nSPS) is 32.9. The van der Waals surface area contributed by atoms with Gasteiger partial charge in [0.25, 0.3) is 0 Å². The van der Waals surface area contributed by atoms with Gasteiger partial charge in [0.1, 0.15) is 0 Å². The van der Waals surface area contributed by atoms with Crippen LogP contribution in [-0.2, 0) is 11.8 Å². The van der Waals surface area contributed by atoms with Crippen molar-refractivity contribution < 1.29 is 9.84 Å². The largest absolute Gasteiger partial charge is 0.388 e. The predicted molar refractivity (Wildman–Crippen MR) is 76.3 cm³/mol.